The number of rotatable bonds is 10. The molecule has 0 spiro atoms. The van der Waals surface area contributed by atoms with Crippen molar-refractivity contribution in [2.75, 3.05) is 19.7 Å². The third kappa shape index (κ3) is 6.71. The van der Waals surface area contributed by atoms with Gasteiger partial charge in [-0.05, 0) is 43.9 Å². The van der Waals surface area contributed by atoms with E-state index in [1.165, 1.54) is 5.56 Å². The summed E-state index contributed by atoms with van der Waals surface area (Å²) in [5.74, 6) is 0.135. The molecule has 3 heteroatoms. The molecule has 0 saturated carbocycles. The van der Waals surface area contributed by atoms with Crippen LogP contribution in [0.15, 0.2) is 54.6 Å². The number of amides is 1. The SMILES string of the molecule is CCCN(CCCCOCc1ccccc1)C(=O)c1cccc(C)c1. The summed E-state index contributed by atoms with van der Waals surface area (Å²) in [5.41, 5.74) is 3.11. The van der Waals surface area contributed by atoms with Crippen LogP contribution in [0.3, 0.4) is 0 Å². The van der Waals surface area contributed by atoms with Crippen molar-refractivity contribution in [1.82, 2.24) is 4.90 Å². The maximum atomic E-state index is 12.7. The maximum Gasteiger partial charge on any atom is 0.253 e. The maximum absolute atomic E-state index is 12.7. The van der Waals surface area contributed by atoms with E-state index in [1.54, 1.807) is 0 Å². The Balaban J connectivity index is 1.73. The van der Waals surface area contributed by atoms with Crippen molar-refractivity contribution >= 4 is 5.91 Å². The molecule has 0 atom stereocenters. The van der Waals surface area contributed by atoms with E-state index in [2.05, 4.69) is 19.1 Å². The third-order valence-corrected chi connectivity index (χ3v) is 4.12. The Morgan fingerprint density at radius 1 is 1.00 bits per heavy atom. The van der Waals surface area contributed by atoms with Crippen molar-refractivity contribution in [3.05, 3.63) is 71.3 Å². The molecule has 0 bridgehead atoms. The van der Waals surface area contributed by atoms with Crippen LogP contribution in [0.25, 0.3) is 0 Å². The van der Waals surface area contributed by atoms with Crippen LogP contribution in [0.4, 0.5) is 0 Å². The minimum atomic E-state index is 0.135. The van der Waals surface area contributed by atoms with Crippen LogP contribution in [0.1, 0.15) is 47.7 Å². The Kier molecular flexibility index (Phi) is 8.20. The van der Waals surface area contributed by atoms with E-state index in [9.17, 15) is 4.79 Å². The fourth-order valence-corrected chi connectivity index (χ4v) is 2.82. The van der Waals surface area contributed by atoms with Crippen molar-refractivity contribution < 1.29 is 9.53 Å². The second-order valence-corrected chi connectivity index (χ2v) is 6.41. The fourth-order valence-electron chi connectivity index (χ4n) is 2.82. The van der Waals surface area contributed by atoms with Gasteiger partial charge < -0.3 is 9.64 Å². The van der Waals surface area contributed by atoms with E-state index in [-0.39, 0.29) is 5.91 Å². The Hall–Kier alpha value is -2.13. The quantitative estimate of drug-likeness (QED) is 0.579. The molecule has 0 fully saturated rings. The molecule has 0 heterocycles. The molecule has 2 aromatic carbocycles. The van der Waals surface area contributed by atoms with E-state index >= 15 is 0 Å². The van der Waals surface area contributed by atoms with Gasteiger partial charge in [0.15, 0.2) is 0 Å². The normalized spacial score (nSPS) is 10.6. The highest BCUT2D eigenvalue weighted by molar-refractivity contribution is 5.94. The number of benzene rings is 2. The molecule has 25 heavy (non-hydrogen) atoms. The molecule has 0 aromatic heterocycles. The summed E-state index contributed by atoms with van der Waals surface area (Å²) in [6.45, 7) is 7.10. The molecule has 134 valence electrons. The standard InChI is InChI=1S/C22H29NO2/c1-3-14-23(22(24)21-13-9-10-19(2)17-21)15-7-8-16-25-18-20-11-5-4-6-12-20/h4-6,9-13,17H,3,7-8,14-16,18H2,1-2H3. The summed E-state index contributed by atoms with van der Waals surface area (Å²) in [7, 11) is 0. The molecule has 0 aliphatic heterocycles. The van der Waals surface area contributed by atoms with Gasteiger partial charge in [-0.3, -0.25) is 4.79 Å². The van der Waals surface area contributed by atoms with Crippen LogP contribution in [-0.4, -0.2) is 30.5 Å². The van der Waals surface area contributed by atoms with Gasteiger partial charge >= 0.3 is 0 Å². The molecule has 3 nitrogen and oxygen atoms in total. The molecule has 0 N–H and O–H groups in total. The van der Waals surface area contributed by atoms with Gasteiger partial charge in [-0.1, -0.05) is 55.0 Å². The van der Waals surface area contributed by atoms with Gasteiger partial charge in [0.25, 0.3) is 5.91 Å². The summed E-state index contributed by atoms with van der Waals surface area (Å²) in [4.78, 5) is 14.7. The number of carbonyl (C=O) groups is 1. The molecule has 1 amide bonds. The van der Waals surface area contributed by atoms with Gasteiger partial charge in [0, 0.05) is 25.3 Å². The highest BCUT2D eigenvalue weighted by Crippen LogP contribution is 2.10. The molecule has 0 aliphatic carbocycles. The third-order valence-electron chi connectivity index (χ3n) is 4.12. The van der Waals surface area contributed by atoms with Gasteiger partial charge in [-0.2, -0.15) is 0 Å². The Labute approximate surface area is 151 Å². The molecule has 0 radical (unpaired) electrons. The van der Waals surface area contributed by atoms with Crippen molar-refractivity contribution in [1.29, 1.82) is 0 Å². The Morgan fingerprint density at radius 3 is 2.52 bits per heavy atom. The van der Waals surface area contributed by atoms with Crippen molar-refractivity contribution in [3.63, 3.8) is 0 Å². The zero-order chi connectivity index (χ0) is 17.9. The first-order chi connectivity index (χ1) is 12.2. The van der Waals surface area contributed by atoms with Crippen molar-refractivity contribution in [3.8, 4) is 0 Å². The number of nitrogens with zero attached hydrogens (tertiary/aromatic N) is 1. The molecular weight excluding hydrogens is 310 g/mol. The molecular formula is C22H29NO2. The van der Waals surface area contributed by atoms with E-state index in [0.29, 0.717) is 6.61 Å². The molecule has 2 aromatic rings. The van der Waals surface area contributed by atoms with Crippen LogP contribution < -0.4 is 0 Å². The zero-order valence-electron chi connectivity index (χ0n) is 15.4. The van der Waals surface area contributed by atoms with Gasteiger partial charge in [0.1, 0.15) is 0 Å². The number of carbonyl (C=O) groups excluding carboxylic acids is 1. The average molecular weight is 339 g/mol. The van der Waals surface area contributed by atoms with Crippen LogP contribution in [-0.2, 0) is 11.3 Å². The monoisotopic (exact) mass is 339 g/mol. The first-order valence-corrected chi connectivity index (χ1v) is 9.18. The second-order valence-electron chi connectivity index (χ2n) is 6.41. The predicted molar refractivity (Wildman–Crippen MR) is 103 cm³/mol. The average Bonchev–Trinajstić information content (AvgIpc) is 2.64. The smallest absolute Gasteiger partial charge is 0.253 e. The van der Waals surface area contributed by atoms with Crippen LogP contribution in [0.5, 0.6) is 0 Å². The van der Waals surface area contributed by atoms with Crippen molar-refractivity contribution in [2.24, 2.45) is 0 Å². The lowest BCUT2D eigenvalue weighted by molar-refractivity contribution is 0.0738. The Morgan fingerprint density at radius 2 is 1.80 bits per heavy atom. The number of aryl methyl sites for hydroxylation is 1. The molecule has 0 saturated heterocycles. The summed E-state index contributed by atoms with van der Waals surface area (Å²) in [6, 6.07) is 18.0. The molecule has 0 unspecified atom stereocenters. The zero-order valence-corrected chi connectivity index (χ0v) is 15.4. The Bertz CT molecular complexity index is 639. The predicted octanol–water partition coefficient (Wildman–Crippen LogP) is 4.84. The van der Waals surface area contributed by atoms with E-state index in [1.807, 2.05) is 54.3 Å². The largest absolute Gasteiger partial charge is 0.377 e. The number of hydrogen-bond donors (Lipinski definition) is 0. The summed E-state index contributed by atoms with van der Waals surface area (Å²) in [6.07, 6.45) is 2.91. The van der Waals surface area contributed by atoms with E-state index in [0.717, 1.165) is 50.1 Å². The first kappa shape index (κ1) is 19.2. The number of unbranched alkanes of at least 4 members (excludes halogenated alkanes) is 1. The molecule has 0 aliphatic rings. The number of ether oxygens (including phenoxy) is 1. The topological polar surface area (TPSA) is 29.5 Å². The fraction of sp³-hybridized carbons (Fsp3) is 0.409. The summed E-state index contributed by atoms with van der Waals surface area (Å²) < 4.78 is 5.72. The summed E-state index contributed by atoms with van der Waals surface area (Å²) >= 11 is 0. The summed E-state index contributed by atoms with van der Waals surface area (Å²) in [5, 5.41) is 0. The molecule has 2 rings (SSSR count). The van der Waals surface area contributed by atoms with Crippen LogP contribution >= 0.6 is 0 Å². The van der Waals surface area contributed by atoms with E-state index < -0.39 is 0 Å². The lowest BCUT2D eigenvalue weighted by Gasteiger charge is -2.22. The second kappa shape index (κ2) is 10.7. The van der Waals surface area contributed by atoms with Gasteiger partial charge in [0.05, 0.1) is 6.61 Å². The van der Waals surface area contributed by atoms with Crippen LogP contribution in [0.2, 0.25) is 0 Å². The van der Waals surface area contributed by atoms with Gasteiger partial charge in [0.2, 0.25) is 0 Å². The van der Waals surface area contributed by atoms with Gasteiger partial charge in [-0.25, -0.2) is 0 Å². The lowest BCUT2D eigenvalue weighted by Crippen LogP contribution is -2.32. The number of hydrogen-bond acceptors (Lipinski definition) is 2. The lowest BCUT2D eigenvalue weighted by atomic mass is 10.1. The highest BCUT2D eigenvalue weighted by atomic mass is 16.5. The van der Waals surface area contributed by atoms with Gasteiger partial charge in [-0.15, -0.1) is 0 Å². The minimum absolute atomic E-state index is 0.135. The minimum Gasteiger partial charge on any atom is -0.377 e. The highest BCUT2D eigenvalue weighted by Gasteiger charge is 2.14. The van der Waals surface area contributed by atoms with E-state index in [4.69, 9.17) is 4.74 Å². The first-order valence-electron chi connectivity index (χ1n) is 9.18. The van der Waals surface area contributed by atoms with Crippen molar-refractivity contribution in [2.45, 2.75) is 39.7 Å². The van der Waals surface area contributed by atoms with Crippen LogP contribution in [0, 0.1) is 6.92 Å².